The quantitative estimate of drug-likeness (QED) is 0.795. The Morgan fingerprint density at radius 2 is 1.87 bits per heavy atom. The lowest BCUT2D eigenvalue weighted by molar-refractivity contribution is 0.348. The molecule has 2 N–H and O–H groups in total. The van der Waals surface area contributed by atoms with Gasteiger partial charge in [-0.05, 0) is 40.0 Å². The molecule has 7 nitrogen and oxygen atoms in total. The van der Waals surface area contributed by atoms with E-state index in [1.54, 1.807) is 31.2 Å². The molecule has 0 amide bonds. The fourth-order valence-corrected chi connectivity index (χ4v) is 3.17. The minimum absolute atomic E-state index is 0.207. The van der Waals surface area contributed by atoms with Gasteiger partial charge in [0, 0.05) is 12.5 Å². The summed E-state index contributed by atoms with van der Waals surface area (Å²) in [5, 5.41) is 6.96. The molecule has 2 rings (SSSR count). The van der Waals surface area contributed by atoms with Gasteiger partial charge in [0.25, 0.3) is 0 Å². The second-order valence-electron chi connectivity index (χ2n) is 5.60. The average molecular weight is 338 g/mol. The minimum atomic E-state index is -3.63. The van der Waals surface area contributed by atoms with Crippen molar-refractivity contribution in [1.82, 2.24) is 20.2 Å². The molecule has 1 aromatic heterocycles. The fourth-order valence-electron chi connectivity index (χ4n) is 1.97. The maximum atomic E-state index is 12.3. The van der Waals surface area contributed by atoms with Gasteiger partial charge in [-0.25, -0.2) is 8.42 Å². The van der Waals surface area contributed by atoms with Gasteiger partial charge in [0.2, 0.25) is 15.9 Å². The predicted octanol–water partition coefficient (Wildman–Crippen LogP) is 1.57. The fraction of sp³-hybridized carbons (Fsp3) is 0.467. The Labute approximate surface area is 136 Å². The van der Waals surface area contributed by atoms with Gasteiger partial charge in [0.05, 0.1) is 10.9 Å². The lowest BCUT2D eigenvalue weighted by atomic mass is 10.2. The third-order valence-electron chi connectivity index (χ3n) is 3.50. The van der Waals surface area contributed by atoms with E-state index in [1.807, 2.05) is 20.9 Å². The van der Waals surface area contributed by atoms with E-state index in [0.717, 1.165) is 5.56 Å². The summed E-state index contributed by atoms with van der Waals surface area (Å²) in [5.41, 5.74) is 0.997. The topological polar surface area (TPSA) is 97.1 Å². The van der Waals surface area contributed by atoms with Crippen molar-refractivity contribution in [2.75, 3.05) is 7.05 Å². The second kappa shape index (κ2) is 7.20. The zero-order valence-corrected chi connectivity index (χ0v) is 14.5. The van der Waals surface area contributed by atoms with E-state index in [2.05, 4.69) is 20.2 Å². The number of aromatic nitrogens is 2. The van der Waals surface area contributed by atoms with E-state index in [1.165, 1.54) is 0 Å². The second-order valence-corrected chi connectivity index (χ2v) is 7.31. The van der Waals surface area contributed by atoms with Gasteiger partial charge in [-0.3, -0.25) is 0 Å². The van der Waals surface area contributed by atoms with E-state index in [0.29, 0.717) is 12.2 Å². The molecule has 0 aliphatic heterocycles. The Bertz CT molecular complexity index is 740. The van der Waals surface area contributed by atoms with Gasteiger partial charge in [-0.2, -0.15) is 9.71 Å². The van der Waals surface area contributed by atoms with Crippen LogP contribution in [0.25, 0.3) is 0 Å². The molecule has 126 valence electrons. The molecule has 0 aliphatic rings. The SMILES string of the molecule is CNC(C)Cc1noc(C(C)NS(=O)(=O)c2ccc(C)cc2)n1. The standard InChI is InChI=1S/C15H22N4O3S/c1-10-5-7-13(8-6-10)23(20,21)19-12(3)15-17-14(18-22-15)9-11(2)16-4/h5-8,11-12,16,19H,9H2,1-4H3. The van der Waals surface area contributed by atoms with Crippen molar-refractivity contribution in [3.63, 3.8) is 0 Å². The molecule has 1 aromatic carbocycles. The molecular weight excluding hydrogens is 316 g/mol. The van der Waals surface area contributed by atoms with Crippen molar-refractivity contribution in [2.45, 2.75) is 44.2 Å². The summed E-state index contributed by atoms with van der Waals surface area (Å²) in [7, 11) is -1.78. The molecule has 23 heavy (non-hydrogen) atoms. The van der Waals surface area contributed by atoms with Crippen LogP contribution < -0.4 is 10.0 Å². The maximum Gasteiger partial charge on any atom is 0.244 e. The van der Waals surface area contributed by atoms with E-state index in [4.69, 9.17) is 4.52 Å². The van der Waals surface area contributed by atoms with Gasteiger partial charge in [0.15, 0.2) is 5.82 Å². The summed E-state index contributed by atoms with van der Waals surface area (Å²) < 4.78 is 32.4. The van der Waals surface area contributed by atoms with Gasteiger partial charge in [-0.15, -0.1) is 0 Å². The normalized spacial score (nSPS) is 14.6. The highest BCUT2D eigenvalue weighted by molar-refractivity contribution is 7.89. The summed E-state index contributed by atoms with van der Waals surface area (Å²) in [4.78, 5) is 4.45. The number of benzene rings is 1. The monoisotopic (exact) mass is 338 g/mol. The van der Waals surface area contributed by atoms with Gasteiger partial charge in [-0.1, -0.05) is 22.9 Å². The number of likely N-dealkylation sites (N-methyl/N-ethyl adjacent to an activating group) is 1. The molecule has 0 radical (unpaired) electrons. The van der Waals surface area contributed by atoms with Crippen LogP contribution in [0.2, 0.25) is 0 Å². The Morgan fingerprint density at radius 3 is 2.48 bits per heavy atom. The summed E-state index contributed by atoms with van der Waals surface area (Å²) in [6, 6.07) is 6.25. The van der Waals surface area contributed by atoms with Crippen LogP contribution in [0.4, 0.5) is 0 Å². The molecule has 2 aromatic rings. The Hall–Kier alpha value is -1.77. The van der Waals surface area contributed by atoms with Crippen LogP contribution in [-0.4, -0.2) is 31.6 Å². The van der Waals surface area contributed by atoms with E-state index in [9.17, 15) is 8.42 Å². The molecule has 8 heteroatoms. The Morgan fingerprint density at radius 1 is 1.22 bits per heavy atom. The van der Waals surface area contributed by atoms with Crippen LogP contribution in [-0.2, 0) is 16.4 Å². The van der Waals surface area contributed by atoms with Crippen LogP contribution in [0.15, 0.2) is 33.7 Å². The van der Waals surface area contributed by atoms with Gasteiger partial charge in [0.1, 0.15) is 0 Å². The molecule has 1 heterocycles. The highest BCUT2D eigenvalue weighted by Crippen LogP contribution is 2.16. The molecule has 0 saturated heterocycles. The number of aryl methyl sites for hydroxylation is 1. The number of hydrogen-bond acceptors (Lipinski definition) is 6. The molecule has 0 bridgehead atoms. The van der Waals surface area contributed by atoms with Crippen molar-refractivity contribution in [3.8, 4) is 0 Å². The third kappa shape index (κ3) is 4.60. The van der Waals surface area contributed by atoms with E-state index < -0.39 is 16.1 Å². The van der Waals surface area contributed by atoms with Crippen molar-refractivity contribution >= 4 is 10.0 Å². The van der Waals surface area contributed by atoms with Crippen LogP contribution in [0, 0.1) is 6.92 Å². The number of nitrogens with zero attached hydrogens (tertiary/aromatic N) is 2. The van der Waals surface area contributed by atoms with Gasteiger partial charge < -0.3 is 9.84 Å². The molecule has 0 fully saturated rings. The predicted molar refractivity (Wildman–Crippen MR) is 86.4 cm³/mol. The summed E-state index contributed by atoms with van der Waals surface area (Å²) >= 11 is 0. The molecule has 0 aliphatic carbocycles. The zero-order chi connectivity index (χ0) is 17.0. The lowest BCUT2D eigenvalue weighted by Gasteiger charge is -2.10. The largest absolute Gasteiger partial charge is 0.338 e. The summed E-state index contributed by atoms with van der Waals surface area (Å²) in [6.45, 7) is 5.57. The maximum absolute atomic E-state index is 12.3. The number of hydrogen-bond donors (Lipinski definition) is 2. The first-order valence-electron chi connectivity index (χ1n) is 7.40. The molecular formula is C15H22N4O3S. The lowest BCUT2D eigenvalue weighted by Crippen LogP contribution is -2.27. The third-order valence-corrected chi connectivity index (χ3v) is 5.06. The van der Waals surface area contributed by atoms with Crippen molar-refractivity contribution < 1.29 is 12.9 Å². The highest BCUT2D eigenvalue weighted by Gasteiger charge is 2.22. The first kappa shape index (κ1) is 17.6. The zero-order valence-electron chi connectivity index (χ0n) is 13.7. The summed E-state index contributed by atoms with van der Waals surface area (Å²) in [6.07, 6.45) is 0.609. The van der Waals surface area contributed by atoms with E-state index in [-0.39, 0.29) is 16.8 Å². The Kier molecular flexibility index (Phi) is 5.51. The van der Waals surface area contributed by atoms with Crippen LogP contribution >= 0.6 is 0 Å². The van der Waals surface area contributed by atoms with E-state index >= 15 is 0 Å². The van der Waals surface area contributed by atoms with Crippen molar-refractivity contribution in [3.05, 3.63) is 41.5 Å². The average Bonchev–Trinajstić information content (AvgIpc) is 2.95. The molecule has 0 saturated carbocycles. The number of nitrogens with one attached hydrogen (secondary N) is 2. The highest BCUT2D eigenvalue weighted by atomic mass is 32.2. The molecule has 2 unspecified atom stereocenters. The first-order chi connectivity index (χ1) is 10.8. The smallest absolute Gasteiger partial charge is 0.244 e. The van der Waals surface area contributed by atoms with Crippen molar-refractivity contribution in [2.24, 2.45) is 0 Å². The molecule has 2 atom stereocenters. The van der Waals surface area contributed by atoms with Crippen molar-refractivity contribution in [1.29, 1.82) is 0 Å². The minimum Gasteiger partial charge on any atom is -0.338 e. The number of rotatable bonds is 7. The Balaban J connectivity index is 2.09. The van der Waals surface area contributed by atoms with Crippen LogP contribution in [0.5, 0.6) is 0 Å². The molecule has 0 spiro atoms. The number of sulfonamides is 1. The van der Waals surface area contributed by atoms with Crippen LogP contribution in [0.1, 0.15) is 37.2 Å². The summed E-state index contributed by atoms with van der Waals surface area (Å²) in [5.74, 6) is 0.794. The first-order valence-corrected chi connectivity index (χ1v) is 8.89. The van der Waals surface area contributed by atoms with Crippen LogP contribution in [0.3, 0.4) is 0 Å². The van der Waals surface area contributed by atoms with Gasteiger partial charge >= 0.3 is 0 Å².